The van der Waals surface area contributed by atoms with Crippen LogP contribution < -0.4 is 11.1 Å². The Morgan fingerprint density at radius 2 is 2.53 bits per heavy atom. The van der Waals surface area contributed by atoms with Crippen molar-refractivity contribution < 1.29 is 13.9 Å². The Hall–Kier alpha value is -1.33. The van der Waals surface area contributed by atoms with Gasteiger partial charge in [-0.05, 0) is 12.1 Å². The molecule has 0 aliphatic carbocycles. The van der Waals surface area contributed by atoms with Crippen molar-refractivity contribution in [1.29, 1.82) is 0 Å². The summed E-state index contributed by atoms with van der Waals surface area (Å²) in [4.78, 5) is 11.3. The number of nitrogens with one attached hydrogen (secondary N) is 1. The summed E-state index contributed by atoms with van der Waals surface area (Å²) in [5, 5.41) is 2.70. The van der Waals surface area contributed by atoms with E-state index in [-0.39, 0.29) is 12.5 Å². The lowest BCUT2D eigenvalue weighted by Gasteiger charge is -2.10. The molecule has 0 saturated heterocycles. The van der Waals surface area contributed by atoms with E-state index in [2.05, 4.69) is 5.32 Å². The van der Waals surface area contributed by atoms with Crippen LogP contribution in [0, 0.1) is 0 Å². The number of hydrogen-bond donors (Lipinski definition) is 2. The van der Waals surface area contributed by atoms with E-state index in [1.54, 1.807) is 6.26 Å². The van der Waals surface area contributed by atoms with Gasteiger partial charge in [0.1, 0.15) is 11.8 Å². The Morgan fingerprint density at radius 3 is 3.13 bits per heavy atom. The maximum absolute atomic E-state index is 11.3. The molecule has 1 atom stereocenters. The van der Waals surface area contributed by atoms with Crippen molar-refractivity contribution in [2.45, 2.75) is 12.5 Å². The molecule has 0 aromatic carbocycles. The highest BCUT2D eigenvalue weighted by Crippen LogP contribution is 1.99. The molecule has 3 N–H and O–H groups in total. The van der Waals surface area contributed by atoms with Gasteiger partial charge in [0, 0.05) is 20.1 Å². The quantitative estimate of drug-likeness (QED) is 0.691. The van der Waals surface area contributed by atoms with Gasteiger partial charge in [0.15, 0.2) is 0 Å². The Kier molecular flexibility index (Phi) is 4.86. The van der Waals surface area contributed by atoms with Crippen LogP contribution in [0.15, 0.2) is 22.8 Å². The molecule has 0 bridgehead atoms. The van der Waals surface area contributed by atoms with Gasteiger partial charge in [0.2, 0.25) is 5.91 Å². The Morgan fingerprint density at radius 1 is 1.73 bits per heavy atom. The van der Waals surface area contributed by atoms with E-state index in [9.17, 15) is 4.79 Å². The smallest absolute Gasteiger partial charge is 0.239 e. The molecule has 1 rings (SSSR count). The summed E-state index contributed by atoms with van der Waals surface area (Å²) in [6.45, 7) is 0.746. The van der Waals surface area contributed by atoms with E-state index in [1.807, 2.05) is 12.1 Å². The molecule has 0 spiro atoms. The average Bonchev–Trinajstić information content (AvgIpc) is 2.71. The number of furan rings is 1. The van der Waals surface area contributed by atoms with Crippen molar-refractivity contribution in [1.82, 2.24) is 5.32 Å². The number of nitrogens with two attached hydrogens (primary N) is 1. The number of rotatable bonds is 6. The van der Waals surface area contributed by atoms with Crippen LogP contribution in [0.5, 0.6) is 0 Å². The lowest BCUT2D eigenvalue weighted by atomic mass is 10.3. The third kappa shape index (κ3) is 4.14. The maximum atomic E-state index is 11.3. The second kappa shape index (κ2) is 6.21. The van der Waals surface area contributed by atoms with E-state index in [1.165, 1.54) is 7.11 Å². The predicted octanol–water partition coefficient (Wildman–Crippen LogP) is -0.0880. The molecule has 5 nitrogen and oxygen atoms in total. The fraction of sp³-hybridized carbons (Fsp3) is 0.500. The first kappa shape index (κ1) is 11.7. The predicted molar refractivity (Wildman–Crippen MR) is 55.3 cm³/mol. The fourth-order valence-corrected chi connectivity index (χ4v) is 1.15. The number of hydrogen-bond acceptors (Lipinski definition) is 4. The molecule has 1 aromatic rings. The minimum atomic E-state index is -0.605. The number of methoxy groups -OCH3 is 1. The van der Waals surface area contributed by atoms with Crippen molar-refractivity contribution in [3.8, 4) is 0 Å². The first-order valence-corrected chi connectivity index (χ1v) is 4.78. The standard InChI is InChI=1S/C10H16N2O3/c1-14-7-9(11)10(13)12-5-4-8-3-2-6-15-8/h2-3,6,9H,4-5,7,11H2,1H3,(H,12,13). The van der Waals surface area contributed by atoms with Gasteiger partial charge in [-0.1, -0.05) is 0 Å². The summed E-state index contributed by atoms with van der Waals surface area (Å²) in [6, 6.07) is 3.07. The molecule has 1 unspecified atom stereocenters. The number of ether oxygens (including phenoxy) is 1. The molecule has 15 heavy (non-hydrogen) atoms. The summed E-state index contributed by atoms with van der Waals surface area (Å²) < 4.78 is 9.89. The molecular weight excluding hydrogens is 196 g/mol. The zero-order valence-electron chi connectivity index (χ0n) is 8.73. The van der Waals surface area contributed by atoms with Gasteiger partial charge < -0.3 is 20.2 Å². The van der Waals surface area contributed by atoms with Gasteiger partial charge in [-0.2, -0.15) is 0 Å². The highest BCUT2D eigenvalue weighted by Gasteiger charge is 2.11. The fourth-order valence-electron chi connectivity index (χ4n) is 1.15. The minimum absolute atomic E-state index is 0.205. The monoisotopic (exact) mass is 212 g/mol. The van der Waals surface area contributed by atoms with E-state index in [0.717, 1.165) is 5.76 Å². The molecule has 0 fully saturated rings. The maximum Gasteiger partial charge on any atom is 0.239 e. The summed E-state index contributed by atoms with van der Waals surface area (Å²) in [5.74, 6) is 0.638. The molecule has 5 heteroatoms. The molecule has 0 aliphatic rings. The molecule has 1 amide bonds. The summed E-state index contributed by atoms with van der Waals surface area (Å²) >= 11 is 0. The van der Waals surface area contributed by atoms with Crippen LogP contribution in [0.2, 0.25) is 0 Å². The van der Waals surface area contributed by atoms with Crippen LogP contribution >= 0.6 is 0 Å². The zero-order valence-corrected chi connectivity index (χ0v) is 8.73. The number of carbonyl (C=O) groups excluding carboxylic acids is 1. The highest BCUT2D eigenvalue weighted by molar-refractivity contribution is 5.81. The molecule has 1 aromatic heterocycles. The highest BCUT2D eigenvalue weighted by atomic mass is 16.5. The second-order valence-corrected chi connectivity index (χ2v) is 3.18. The van der Waals surface area contributed by atoms with E-state index in [4.69, 9.17) is 14.9 Å². The number of amides is 1. The second-order valence-electron chi connectivity index (χ2n) is 3.18. The van der Waals surface area contributed by atoms with Gasteiger partial charge in [-0.15, -0.1) is 0 Å². The summed E-state index contributed by atoms with van der Waals surface area (Å²) in [5.41, 5.74) is 5.53. The molecular formula is C10H16N2O3. The van der Waals surface area contributed by atoms with Gasteiger partial charge in [0.05, 0.1) is 12.9 Å². The minimum Gasteiger partial charge on any atom is -0.469 e. The van der Waals surface area contributed by atoms with Crippen LogP contribution in [0.25, 0.3) is 0 Å². The van der Waals surface area contributed by atoms with Gasteiger partial charge in [-0.25, -0.2) is 0 Å². The Balaban J connectivity index is 2.17. The third-order valence-electron chi connectivity index (χ3n) is 1.93. The Labute approximate surface area is 88.6 Å². The van der Waals surface area contributed by atoms with E-state index >= 15 is 0 Å². The van der Waals surface area contributed by atoms with Crippen LogP contribution in [-0.4, -0.2) is 32.2 Å². The summed E-state index contributed by atoms with van der Waals surface area (Å²) in [6.07, 6.45) is 2.27. The van der Waals surface area contributed by atoms with Gasteiger partial charge in [0.25, 0.3) is 0 Å². The normalized spacial score (nSPS) is 12.4. The van der Waals surface area contributed by atoms with Gasteiger partial charge >= 0.3 is 0 Å². The SMILES string of the molecule is COCC(N)C(=O)NCCc1ccco1. The summed E-state index contributed by atoms with van der Waals surface area (Å²) in [7, 11) is 1.51. The average molecular weight is 212 g/mol. The van der Waals surface area contributed by atoms with Crippen molar-refractivity contribution in [3.05, 3.63) is 24.2 Å². The van der Waals surface area contributed by atoms with Crippen molar-refractivity contribution in [2.24, 2.45) is 5.73 Å². The van der Waals surface area contributed by atoms with Crippen LogP contribution in [0.4, 0.5) is 0 Å². The zero-order chi connectivity index (χ0) is 11.1. The van der Waals surface area contributed by atoms with E-state index in [0.29, 0.717) is 13.0 Å². The Bertz CT molecular complexity index is 285. The lowest BCUT2D eigenvalue weighted by molar-refractivity contribution is -0.123. The van der Waals surface area contributed by atoms with Crippen LogP contribution in [0.1, 0.15) is 5.76 Å². The molecule has 1 heterocycles. The van der Waals surface area contributed by atoms with Crippen LogP contribution in [-0.2, 0) is 16.0 Å². The first-order valence-electron chi connectivity index (χ1n) is 4.78. The molecule has 84 valence electrons. The van der Waals surface area contributed by atoms with Crippen molar-refractivity contribution >= 4 is 5.91 Å². The van der Waals surface area contributed by atoms with Crippen molar-refractivity contribution in [2.75, 3.05) is 20.3 Å². The van der Waals surface area contributed by atoms with Crippen molar-refractivity contribution in [3.63, 3.8) is 0 Å². The molecule has 0 saturated carbocycles. The first-order chi connectivity index (χ1) is 7.24. The topological polar surface area (TPSA) is 77.5 Å². The van der Waals surface area contributed by atoms with Gasteiger partial charge in [-0.3, -0.25) is 4.79 Å². The largest absolute Gasteiger partial charge is 0.469 e. The number of carbonyl (C=O) groups is 1. The van der Waals surface area contributed by atoms with Crippen LogP contribution in [0.3, 0.4) is 0 Å². The lowest BCUT2D eigenvalue weighted by Crippen LogP contribution is -2.44. The van der Waals surface area contributed by atoms with E-state index < -0.39 is 6.04 Å². The third-order valence-corrected chi connectivity index (χ3v) is 1.93. The molecule has 0 aliphatic heterocycles. The molecule has 0 radical (unpaired) electrons.